The number of para-hydroxylation sites is 1. The van der Waals surface area contributed by atoms with Crippen molar-refractivity contribution in [1.29, 1.82) is 0 Å². The summed E-state index contributed by atoms with van der Waals surface area (Å²) in [4.78, 5) is 28.9. The number of pyridine rings is 2. The molecule has 0 aliphatic heterocycles. The zero-order chi connectivity index (χ0) is 16.7. The molecule has 4 heteroatoms. The molecule has 4 nitrogen and oxygen atoms in total. The second-order valence-electron chi connectivity index (χ2n) is 6.19. The van der Waals surface area contributed by atoms with E-state index in [9.17, 15) is 9.59 Å². The molecule has 1 N–H and O–H groups in total. The number of hydrogen-bond donors (Lipinski definition) is 1. The maximum atomic E-state index is 13.1. The SMILES string of the molecule is Cc1[nH]c2cc(C(C)C)n(-c3ccccc3)c(=O)c2c(=O)c1C. The summed E-state index contributed by atoms with van der Waals surface area (Å²) >= 11 is 0. The smallest absolute Gasteiger partial charge is 0.268 e. The minimum absolute atomic E-state index is 0.150. The van der Waals surface area contributed by atoms with E-state index in [1.807, 2.05) is 57.2 Å². The van der Waals surface area contributed by atoms with Gasteiger partial charge in [-0.2, -0.15) is 0 Å². The van der Waals surface area contributed by atoms with Gasteiger partial charge in [0.25, 0.3) is 5.56 Å². The van der Waals surface area contributed by atoms with Crippen molar-refractivity contribution in [2.75, 3.05) is 0 Å². The molecule has 0 aliphatic rings. The largest absolute Gasteiger partial charge is 0.358 e. The molecule has 2 aromatic heterocycles. The second-order valence-corrected chi connectivity index (χ2v) is 6.19. The summed E-state index contributed by atoms with van der Waals surface area (Å²) in [5.74, 6) is 0.150. The number of aromatic amines is 1. The summed E-state index contributed by atoms with van der Waals surface area (Å²) in [7, 11) is 0. The summed E-state index contributed by atoms with van der Waals surface area (Å²) in [5, 5.41) is 0.223. The number of fused-ring (bicyclic) bond motifs is 1. The minimum atomic E-state index is -0.262. The Morgan fingerprint density at radius 3 is 2.30 bits per heavy atom. The molecule has 2 heterocycles. The molecule has 0 radical (unpaired) electrons. The lowest BCUT2D eigenvalue weighted by Gasteiger charge is -2.17. The Balaban J connectivity index is 2.53. The van der Waals surface area contributed by atoms with Crippen molar-refractivity contribution in [3.05, 3.63) is 73.9 Å². The third-order valence-electron chi connectivity index (χ3n) is 4.29. The van der Waals surface area contributed by atoms with Gasteiger partial charge in [-0.05, 0) is 38.0 Å². The van der Waals surface area contributed by atoms with Gasteiger partial charge in [0, 0.05) is 22.6 Å². The first-order chi connectivity index (χ1) is 10.9. The third-order valence-corrected chi connectivity index (χ3v) is 4.29. The Morgan fingerprint density at radius 1 is 1.04 bits per heavy atom. The Bertz CT molecular complexity index is 996. The molecule has 0 amide bonds. The van der Waals surface area contributed by atoms with Crippen LogP contribution >= 0.6 is 0 Å². The van der Waals surface area contributed by atoms with Crippen LogP contribution in [0, 0.1) is 13.8 Å². The number of aromatic nitrogens is 2. The highest BCUT2D eigenvalue weighted by molar-refractivity contribution is 5.79. The average molecular weight is 308 g/mol. The first kappa shape index (κ1) is 15.3. The van der Waals surface area contributed by atoms with E-state index in [1.165, 1.54) is 0 Å². The number of rotatable bonds is 2. The van der Waals surface area contributed by atoms with E-state index in [0.717, 1.165) is 17.1 Å². The topological polar surface area (TPSA) is 54.9 Å². The Labute approximate surface area is 134 Å². The van der Waals surface area contributed by atoms with Crippen LogP contribution in [0.15, 0.2) is 46.0 Å². The van der Waals surface area contributed by atoms with Crippen molar-refractivity contribution in [1.82, 2.24) is 9.55 Å². The van der Waals surface area contributed by atoms with Crippen molar-refractivity contribution in [3.63, 3.8) is 0 Å². The molecule has 0 aliphatic carbocycles. The fraction of sp³-hybridized carbons (Fsp3) is 0.263. The van der Waals surface area contributed by atoms with Gasteiger partial charge >= 0.3 is 0 Å². The van der Waals surface area contributed by atoms with Crippen LogP contribution in [0.1, 0.15) is 36.7 Å². The van der Waals surface area contributed by atoms with Crippen LogP contribution in [0.2, 0.25) is 0 Å². The summed E-state index contributed by atoms with van der Waals surface area (Å²) in [5.41, 5.74) is 3.20. The zero-order valence-electron chi connectivity index (χ0n) is 13.8. The van der Waals surface area contributed by atoms with Gasteiger partial charge in [-0.25, -0.2) is 0 Å². The molecule has 0 bridgehead atoms. The Hall–Kier alpha value is -2.62. The van der Waals surface area contributed by atoms with Crippen LogP contribution in [0.4, 0.5) is 0 Å². The van der Waals surface area contributed by atoms with Crippen LogP contribution in [0.5, 0.6) is 0 Å². The molecule has 0 spiro atoms. The van der Waals surface area contributed by atoms with Gasteiger partial charge in [0.15, 0.2) is 5.43 Å². The molecule has 3 rings (SSSR count). The lowest BCUT2D eigenvalue weighted by atomic mass is 10.0. The van der Waals surface area contributed by atoms with E-state index < -0.39 is 0 Å². The number of hydrogen-bond acceptors (Lipinski definition) is 2. The third kappa shape index (κ3) is 2.40. The fourth-order valence-corrected chi connectivity index (χ4v) is 2.87. The van der Waals surface area contributed by atoms with E-state index in [0.29, 0.717) is 11.1 Å². The highest BCUT2D eigenvalue weighted by Gasteiger charge is 2.17. The van der Waals surface area contributed by atoms with Crippen molar-refractivity contribution in [2.24, 2.45) is 0 Å². The first-order valence-corrected chi connectivity index (χ1v) is 7.76. The number of benzene rings is 1. The number of nitrogens with zero attached hydrogens (tertiary/aromatic N) is 1. The Kier molecular flexibility index (Phi) is 3.68. The van der Waals surface area contributed by atoms with Crippen LogP contribution in [-0.2, 0) is 0 Å². The van der Waals surface area contributed by atoms with E-state index in [4.69, 9.17) is 0 Å². The summed E-state index contributed by atoms with van der Waals surface area (Å²) < 4.78 is 1.65. The molecule has 3 aromatic rings. The standard InChI is InChI=1S/C19H20N2O2/c1-11(2)16-10-15-17(18(22)12(3)13(4)20-15)19(23)21(16)14-8-6-5-7-9-14/h5-11H,1-4H3,(H,20,22). The molecule has 23 heavy (non-hydrogen) atoms. The summed E-state index contributed by atoms with van der Waals surface area (Å²) in [6.45, 7) is 7.68. The molecule has 0 saturated heterocycles. The number of H-pyrrole nitrogens is 1. The predicted molar refractivity (Wildman–Crippen MR) is 93.7 cm³/mol. The van der Waals surface area contributed by atoms with Crippen LogP contribution < -0.4 is 11.0 Å². The lowest BCUT2D eigenvalue weighted by Crippen LogP contribution is -2.28. The van der Waals surface area contributed by atoms with Crippen molar-refractivity contribution in [2.45, 2.75) is 33.6 Å². The lowest BCUT2D eigenvalue weighted by molar-refractivity contribution is 0.764. The molecular weight excluding hydrogens is 288 g/mol. The number of aryl methyl sites for hydroxylation is 1. The van der Waals surface area contributed by atoms with Crippen LogP contribution in [-0.4, -0.2) is 9.55 Å². The highest BCUT2D eigenvalue weighted by atomic mass is 16.1. The monoisotopic (exact) mass is 308 g/mol. The average Bonchev–Trinajstić information content (AvgIpc) is 2.52. The molecular formula is C19H20N2O2. The zero-order valence-corrected chi connectivity index (χ0v) is 13.8. The quantitative estimate of drug-likeness (QED) is 0.788. The van der Waals surface area contributed by atoms with E-state index in [-0.39, 0.29) is 22.3 Å². The molecule has 1 aromatic carbocycles. The van der Waals surface area contributed by atoms with Gasteiger partial charge in [0.1, 0.15) is 5.39 Å². The molecule has 0 unspecified atom stereocenters. The number of nitrogens with one attached hydrogen (secondary N) is 1. The van der Waals surface area contributed by atoms with E-state index >= 15 is 0 Å². The van der Waals surface area contributed by atoms with Gasteiger partial charge in [-0.1, -0.05) is 32.0 Å². The second kappa shape index (κ2) is 5.54. The van der Waals surface area contributed by atoms with Gasteiger partial charge in [-0.3, -0.25) is 14.2 Å². The predicted octanol–water partition coefficient (Wildman–Crippen LogP) is 3.42. The molecule has 0 saturated carbocycles. The fourth-order valence-electron chi connectivity index (χ4n) is 2.87. The maximum absolute atomic E-state index is 13.1. The van der Waals surface area contributed by atoms with Gasteiger partial charge in [-0.15, -0.1) is 0 Å². The van der Waals surface area contributed by atoms with Gasteiger partial charge < -0.3 is 4.98 Å². The summed E-state index contributed by atoms with van der Waals surface area (Å²) in [6.07, 6.45) is 0. The highest BCUT2D eigenvalue weighted by Crippen LogP contribution is 2.20. The van der Waals surface area contributed by atoms with Crippen LogP contribution in [0.25, 0.3) is 16.6 Å². The van der Waals surface area contributed by atoms with Crippen molar-refractivity contribution in [3.8, 4) is 5.69 Å². The molecule has 0 fully saturated rings. The van der Waals surface area contributed by atoms with Crippen molar-refractivity contribution < 1.29 is 0 Å². The summed E-state index contributed by atoms with van der Waals surface area (Å²) in [6, 6.07) is 11.4. The molecule has 118 valence electrons. The van der Waals surface area contributed by atoms with E-state index in [2.05, 4.69) is 4.98 Å². The van der Waals surface area contributed by atoms with Crippen molar-refractivity contribution >= 4 is 10.9 Å². The van der Waals surface area contributed by atoms with Crippen LogP contribution in [0.3, 0.4) is 0 Å². The van der Waals surface area contributed by atoms with Gasteiger partial charge in [0.2, 0.25) is 0 Å². The normalized spacial score (nSPS) is 11.3. The molecule has 0 atom stereocenters. The Morgan fingerprint density at radius 2 is 1.70 bits per heavy atom. The van der Waals surface area contributed by atoms with Gasteiger partial charge in [0.05, 0.1) is 5.52 Å². The van der Waals surface area contributed by atoms with E-state index in [1.54, 1.807) is 11.5 Å². The maximum Gasteiger partial charge on any atom is 0.268 e. The first-order valence-electron chi connectivity index (χ1n) is 7.76. The minimum Gasteiger partial charge on any atom is -0.358 e.